The number of methoxy groups -OCH3 is 1. The fraction of sp³-hybridized carbons (Fsp3) is 0.370. The molecule has 2 unspecified atom stereocenters. The van der Waals surface area contributed by atoms with Gasteiger partial charge in [0, 0.05) is 24.1 Å². The summed E-state index contributed by atoms with van der Waals surface area (Å²) in [6.07, 6.45) is 1.71. The van der Waals surface area contributed by atoms with Gasteiger partial charge < -0.3 is 9.84 Å². The molecule has 0 saturated carbocycles. The molecule has 0 spiro atoms. The largest absolute Gasteiger partial charge is 0.495 e. The summed E-state index contributed by atoms with van der Waals surface area (Å²) in [5, 5.41) is 11.2. The summed E-state index contributed by atoms with van der Waals surface area (Å²) >= 11 is 0. The molecule has 0 saturated heterocycles. The molecular weight excluding hydrogens is 370 g/mol. The molecule has 0 fully saturated rings. The van der Waals surface area contributed by atoms with Crippen molar-refractivity contribution in [2.24, 2.45) is 5.92 Å². The summed E-state index contributed by atoms with van der Waals surface area (Å²) in [6, 6.07) is 17.7. The van der Waals surface area contributed by atoms with Crippen molar-refractivity contribution in [2.45, 2.75) is 45.6 Å². The van der Waals surface area contributed by atoms with Crippen LogP contribution in [0.25, 0.3) is 22.2 Å². The Balaban J connectivity index is 2.07. The highest BCUT2D eigenvalue weighted by Gasteiger charge is 2.43. The van der Waals surface area contributed by atoms with Crippen LogP contribution in [0.5, 0.6) is 0 Å². The van der Waals surface area contributed by atoms with Crippen molar-refractivity contribution < 1.29 is 14.4 Å². The monoisotopic (exact) mass is 402 g/mol. The van der Waals surface area contributed by atoms with E-state index in [4.69, 9.17) is 4.74 Å². The Kier molecular flexibility index (Phi) is 5.66. The zero-order valence-electron chi connectivity index (χ0n) is 18.5. The minimum Gasteiger partial charge on any atom is -0.495 e. The lowest BCUT2D eigenvalue weighted by atomic mass is 9.79. The fourth-order valence-electron chi connectivity index (χ4n) is 5.02. The van der Waals surface area contributed by atoms with Crippen LogP contribution in [0.3, 0.4) is 0 Å². The van der Waals surface area contributed by atoms with Gasteiger partial charge in [-0.2, -0.15) is 4.57 Å². The number of ether oxygens (including phenoxy) is 1. The van der Waals surface area contributed by atoms with Crippen LogP contribution < -0.4 is 4.57 Å². The Morgan fingerprint density at radius 2 is 1.97 bits per heavy atom. The maximum atomic E-state index is 9.90. The standard InChI is InChI=1S/C27H32NO2/c1-17(2)15-20-7-6-8-25-21(20)11-12-26-24-16-18(3)9-10-22(24)23(13-14-29)27(28(25)26)19(4)30-5/h6-12,16-17,23,27,29H,4,13-15H2,1-3,5H3/q+1. The van der Waals surface area contributed by atoms with Gasteiger partial charge in [0.2, 0.25) is 17.3 Å². The van der Waals surface area contributed by atoms with Crippen molar-refractivity contribution in [3.05, 3.63) is 77.6 Å². The van der Waals surface area contributed by atoms with Crippen molar-refractivity contribution in [3.8, 4) is 11.3 Å². The van der Waals surface area contributed by atoms with E-state index in [0.29, 0.717) is 12.3 Å². The van der Waals surface area contributed by atoms with Crippen molar-refractivity contribution in [3.63, 3.8) is 0 Å². The molecule has 0 bridgehead atoms. The number of pyridine rings is 1. The van der Waals surface area contributed by atoms with Crippen LogP contribution in [-0.4, -0.2) is 18.8 Å². The Morgan fingerprint density at radius 3 is 2.67 bits per heavy atom. The van der Waals surface area contributed by atoms with E-state index in [9.17, 15) is 5.11 Å². The molecular formula is C27H32NO2+. The molecule has 30 heavy (non-hydrogen) atoms. The molecule has 1 aromatic heterocycles. The van der Waals surface area contributed by atoms with E-state index >= 15 is 0 Å². The van der Waals surface area contributed by atoms with Gasteiger partial charge in [0.15, 0.2) is 5.76 Å². The smallest absolute Gasteiger partial charge is 0.222 e. The Bertz CT molecular complexity index is 1100. The summed E-state index contributed by atoms with van der Waals surface area (Å²) in [5.41, 5.74) is 7.48. The van der Waals surface area contributed by atoms with Gasteiger partial charge in [0.25, 0.3) is 0 Å². The molecule has 2 aromatic carbocycles. The van der Waals surface area contributed by atoms with E-state index in [1.165, 1.54) is 38.9 Å². The van der Waals surface area contributed by atoms with Crippen LogP contribution >= 0.6 is 0 Å². The van der Waals surface area contributed by atoms with E-state index < -0.39 is 0 Å². The molecule has 0 amide bonds. The molecule has 2 heterocycles. The Morgan fingerprint density at radius 1 is 1.17 bits per heavy atom. The summed E-state index contributed by atoms with van der Waals surface area (Å²) in [7, 11) is 1.69. The van der Waals surface area contributed by atoms with Crippen LogP contribution in [-0.2, 0) is 11.2 Å². The second-order valence-electron chi connectivity index (χ2n) is 8.86. The van der Waals surface area contributed by atoms with Crippen molar-refractivity contribution in [2.75, 3.05) is 13.7 Å². The zero-order chi connectivity index (χ0) is 21.4. The lowest BCUT2D eigenvalue weighted by molar-refractivity contribution is -0.688. The van der Waals surface area contributed by atoms with Crippen molar-refractivity contribution in [1.29, 1.82) is 0 Å². The minimum atomic E-state index is -0.0645. The van der Waals surface area contributed by atoms with Gasteiger partial charge in [-0.3, -0.25) is 0 Å². The quantitative estimate of drug-likeness (QED) is 0.437. The lowest BCUT2D eigenvalue weighted by Gasteiger charge is -2.31. The third-order valence-corrected chi connectivity index (χ3v) is 6.30. The number of nitrogens with zero attached hydrogens (tertiary/aromatic N) is 1. The summed E-state index contributed by atoms with van der Waals surface area (Å²) in [4.78, 5) is 0. The molecule has 3 heteroatoms. The highest BCUT2D eigenvalue weighted by molar-refractivity contribution is 5.82. The number of benzene rings is 2. The van der Waals surface area contributed by atoms with E-state index in [1.807, 2.05) is 0 Å². The number of hydrogen-bond acceptors (Lipinski definition) is 2. The number of fused-ring (bicyclic) bond motifs is 5. The number of aliphatic hydroxyl groups excluding tert-OH is 1. The summed E-state index contributed by atoms with van der Waals surface area (Å²) in [6.45, 7) is 11.1. The van der Waals surface area contributed by atoms with E-state index in [2.05, 4.69) is 80.4 Å². The summed E-state index contributed by atoms with van der Waals surface area (Å²) in [5.74, 6) is 1.43. The Labute approximate surface area is 179 Å². The fourth-order valence-corrected chi connectivity index (χ4v) is 5.02. The van der Waals surface area contributed by atoms with Gasteiger partial charge in [0.1, 0.15) is 0 Å². The first-order valence-corrected chi connectivity index (χ1v) is 10.9. The first kappa shape index (κ1) is 20.6. The maximum absolute atomic E-state index is 9.90. The number of aryl methyl sites for hydroxylation is 1. The third kappa shape index (κ3) is 3.41. The molecule has 156 valence electrons. The van der Waals surface area contributed by atoms with Crippen LogP contribution in [0.1, 0.15) is 48.9 Å². The molecule has 2 atom stereocenters. The predicted octanol–water partition coefficient (Wildman–Crippen LogP) is 5.48. The van der Waals surface area contributed by atoms with Crippen LogP contribution in [0, 0.1) is 12.8 Å². The van der Waals surface area contributed by atoms with Gasteiger partial charge in [0.05, 0.1) is 18.6 Å². The van der Waals surface area contributed by atoms with E-state index in [1.54, 1.807) is 7.11 Å². The molecule has 0 aliphatic carbocycles. The molecule has 4 rings (SSSR count). The average molecular weight is 403 g/mol. The molecule has 3 nitrogen and oxygen atoms in total. The molecule has 1 N–H and O–H groups in total. The van der Waals surface area contributed by atoms with Crippen LogP contribution in [0.15, 0.2) is 60.9 Å². The highest BCUT2D eigenvalue weighted by Crippen LogP contribution is 2.44. The van der Waals surface area contributed by atoms with Gasteiger partial charge in [-0.15, -0.1) is 0 Å². The number of hydrogen-bond donors (Lipinski definition) is 1. The van der Waals surface area contributed by atoms with Crippen LogP contribution in [0.2, 0.25) is 0 Å². The minimum absolute atomic E-state index is 0.0645. The van der Waals surface area contributed by atoms with E-state index in [-0.39, 0.29) is 18.6 Å². The number of allylic oxidation sites excluding steroid dienone is 1. The number of rotatable bonds is 6. The van der Waals surface area contributed by atoms with Gasteiger partial charge in [-0.25, -0.2) is 0 Å². The normalized spacial score (nSPS) is 17.7. The first-order valence-electron chi connectivity index (χ1n) is 10.9. The second kappa shape index (κ2) is 8.23. The lowest BCUT2D eigenvalue weighted by Crippen LogP contribution is -2.49. The summed E-state index contributed by atoms with van der Waals surface area (Å²) < 4.78 is 8.10. The van der Waals surface area contributed by atoms with Gasteiger partial charge in [-0.05, 0) is 48.9 Å². The molecule has 3 aromatic rings. The third-order valence-electron chi connectivity index (χ3n) is 6.30. The number of aliphatic hydroxyl groups is 1. The molecule has 0 radical (unpaired) electrons. The second-order valence-corrected chi connectivity index (χ2v) is 8.86. The first-order chi connectivity index (χ1) is 14.5. The highest BCUT2D eigenvalue weighted by atomic mass is 16.5. The van der Waals surface area contributed by atoms with E-state index in [0.717, 1.165) is 12.2 Å². The topological polar surface area (TPSA) is 33.3 Å². The zero-order valence-corrected chi connectivity index (χ0v) is 18.5. The van der Waals surface area contributed by atoms with Crippen LogP contribution in [0.4, 0.5) is 0 Å². The van der Waals surface area contributed by atoms with Gasteiger partial charge >= 0.3 is 0 Å². The predicted molar refractivity (Wildman–Crippen MR) is 122 cm³/mol. The molecule has 1 aliphatic heterocycles. The number of aromatic nitrogens is 1. The van der Waals surface area contributed by atoms with Crippen molar-refractivity contribution >= 4 is 10.9 Å². The molecule has 1 aliphatic rings. The van der Waals surface area contributed by atoms with Crippen molar-refractivity contribution in [1.82, 2.24) is 0 Å². The Hall–Kier alpha value is -2.65. The SMILES string of the molecule is C=C(OC)C1C(CCO)c2ccc(C)cc2-c2ccc3c(CC(C)C)cccc3[n+]21. The van der Waals surface area contributed by atoms with Gasteiger partial charge in [-0.1, -0.05) is 50.3 Å². The average Bonchev–Trinajstić information content (AvgIpc) is 2.73. The maximum Gasteiger partial charge on any atom is 0.222 e.